The average molecular weight is 399 g/mol. The van der Waals surface area contributed by atoms with Crippen LogP contribution in [0.1, 0.15) is 75.2 Å². The van der Waals surface area contributed by atoms with Crippen LogP contribution >= 0.6 is 0 Å². The van der Waals surface area contributed by atoms with Crippen molar-refractivity contribution in [1.82, 2.24) is 19.3 Å². The molecule has 0 bridgehead atoms. The number of imidazole rings is 1. The predicted molar refractivity (Wildman–Crippen MR) is 114 cm³/mol. The summed E-state index contributed by atoms with van der Waals surface area (Å²) < 4.78 is 7.59. The van der Waals surface area contributed by atoms with Crippen molar-refractivity contribution in [1.29, 1.82) is 0 Å². The Morgan fingerprint density at radius 2 is 1.93 bits per heavy atom. The zero-order chi connectivity index (χ0) is 19.8. The molecule has 1 aliphatic carbocycles. The molecule has 3 fully saturated rings. The third-order valence-corrected chi connectivity index (χ3v) is 7.50. The molecule has 4 heterocycles. The summed E-state index contributed by atoms with van der Waals surface area (Å²) >= 11 is 0. The lowest BCUT2D eigenvalue weighted by atomic mass is 9.89. The van der Waals surface area contributed by atoms with Gasteiger partial charge in [-0.05, 0) is 37.5 Å². The van der Waals surface area contributed by atoms with Gasteiger partial charge in [0.05, 0.1) is 6.20 Å². The van der Waals surface area contributed by atoms with E-state index in [1.54, 1.807) is 6.20 Å². The summed E-state index contributed by atoms with van der Waals surface area (Å²) in [6.07, 6.45) is 12.9. The predicted octanol–water partition coefficient (Wildman–Crippen LogP) is 3.53. The molecule has 3 aliphatic rings. The second-order valence-electron chi connectivity index (χ2n) is 9.60. The van der Waals surface area contributed by atoms with Gasteiger partial charge in [0.1, 0.15) is 11.3 Å². The van der Waals surface area contributed by atoms with E-state index in [0.29, 0.717) is 23.3 Å². The lowest BCUT2D eigenvalue weighted by Gasteiger charge is -2.26. The first kappa shape index (κ1) is 19.3. The third kappa shape index (κ3) is 3.89. The van der Waals surface area contributed by atoms with E-state index in [-0.39, 0.29) is 5.56 Å². The van der Waals surface area contributed by atoms with Gasteiger partial charge in [-0.1, -0.05) is 26.2 Å². The van der Waals surface area contributed by atoms with Gasteiger partial charge >= 0.3 is 0 Å². The van der Waals surface area contributed by atoms with Gasteiger partial charge in [-0.3, -0.25) is 9.20 Å². The number of likely N-dealkylation sites (tertiary alicyclic amines) is 1. The van der Waals surface area contributed by atoms with Crippen molar-refractivity contribution >= 4 is 5.52 Å². The Labute approximate surface area is 172 Å². The molecule has 158 valence electrons. The Hall–Kier alpha value is -1.66. The highest BCUT2D eigenvalue weighted by Gasteiger charge is 2.33. The normalized spacial score (nSPS) is 27.8. The molecule has 0 radical (unpaired) electrons. The third-order valence-electron chi connectivity index (χ3n) is 7.50. The molecule has 29 heavy (non-hydrogen) atoms. The van der Waals surface area contributed by atoms with Gasteiger partial charge in [0, 0.05) is 56.6 Å². The maximum Gasteiger partial charge on any atom is 0.274 e. The van der Waals surface area contributed by atoms with E-state index in [1.165, 1.54) is 38.6 Å². The number of ether oxygens (including phenoxy) is 1. The van der Waals surface area contributed by atoms with Crippen LogP contribution in [0.25, 0.3) is 5.52 Å². The lowest BCUT2D eigenvalue weighted by Crippen LogP contribution is -2.29. The van der Waals surface area contributed by atoms with E-state index in [1.807, 2.05) is 0 Å². The van der Waals surface area contributed by atoms with Crippen molar-refractivity contribution < 1.29 is 4.74 Å². The Balaban J connectivity index is 1.38. The van der Waals surface area contributed by atoms with Crippen molar-refractivity contribution in [3.63, 3.8) is 0 Å². The van der Waals surface area contributed by atoms with Crippen LogP contribution < -0.4 is 5.56 Å². The standard InChI is InChI=1S/C23H34N4O2/c1-16-12-26(13-17-5-3-2-4-6-17)14-19(16)20-15-27-21(23(28)25-20)11-24-22(27)18-7-9-29-10-8-18/h11,15-19H,2-10,12-14H2,1H3,(H,25,28). The van der Waals surface area contributed by atoms with Gasteiger partial charge < -0.3 is 14.6 Å². The van der Waals surface area contributed by atoms with E-state index in [9.17, 15) is 4.79 Å². The Morgan fingerprint density at radius 3 is 2.72 bits per heavy atom. The van der Waals surface area contributed by atoms with Crippen molar-refractivity contribution in [2.24, 2.45) is 11.8 Å². The van der Waals surface area contributed by atoms with Crippen LogP contribution in [0.3, 0.4) is 0 Å². The van der Waals surface area contributed by atoms with E-state index >= 15 is 0 Å². The second-order valence-corrected chi connectivity index (χ2v) is 9.60. The van der Waals surface area contributed by atoms with Gasteiger partial charge in [0.15, 0.2) is 0 Å². The fraction of sp³-hybridized carbons (Fsp3) is 0.739. The van der Waals surface area contributed by atoms with Crippen LogP contribution in [-0.4, -0.2) is 52.1 Å². The van der Waals surface area contributed by atoms with Crippen LogP contribution in [-0.2, 0) is 4.74 Å². The molecule has 6 heteroatoms. The van der Waals surface area contributed by atoms with Crippen LogP contribution in [0.5, 0.6) is 0 Å². The van der Waals surface area contributed by atoms with E-state index in [2.05, 4.69) is 32.4 Å². The minimum absolute atomic E-state index is 0.00811. The zero-order valence-electron chi connectivity index (χ0n) is 17.6. The molecule has 0 amide bonds. The van der Waals surface area contributed by atoms with Crippen molar-refractivity contribution in [3.8, 4) is 0 Å². The molecule has 0 spiro atoms. The molecule has 2 aromatic rings. The minimum atomic E-state index is -0.00811. The number of hydrogen-bond acceptors (Lipinski definition) is 4. The summed E-state index contributed by atoms with van der Waals surface area (Å²) in [6.45, 7) is 7.32. The Bertz CT molecular complexity index is 892. The van der Waals surface area contributed by atoms with Crippen molar-refractivity contribution in [2.75, 3.05) is 32.8 Å². The molecule has 2 aliphatic heterocycles. The fourth-order valence-electron chi connectivity index (χ4n) is 5.85. The second kappa shape index (κ2) is 8.23. The number of hydrogen-bond donors (Lipinski definition) is 1. The summed E-state index contributed by atoms with van der Waals surface area (Å²) in [5, 5.41) is 0. The van der Waals surface area contributed by atoms with Gasteiger partial charge in [-0.25, -0.2) is 4.98 Å². The average Bonchev–Trinajstić information content (AvgIpc) is 3.33. The monoisotopic (exact) mass is 398 g/mol. The first-order chi connectivity index (χ1) is 14.2. The van der Waals surface area contributed by atoms with Crippen molar-refractivity contribution in [2.45, 2.75) is 63.7 Å². The summed E-state index contributed by atoms with van der Waals surface area (Å²) in [5.41, 5.74) is 1.73. The minimum Gasteiger partial charge on any atom is -0.381 e. The van der Waals surface area contributed by atoms with Gasteiger partial charge in [0.2, 0.25) is 0 Å². The van der Waals surface area contributed by atoms with E-state index in [4.69, 9.17) is 4.74 Å². The summed E-state index contributed by atoms with van der Waals surface area (Å²) in [4.78, 5) is 23.3. The molecule has 2 unspecified atom stereocenters. The number of nitrogens with one attached hydrogen (secondary N) is 1. The molecule has 2 aromatic heterocycles. The molecule has 2 saturated heterocycles. The number of fused-ring (bicyclic) bond motifs is 1. The van der Waals surface area contributed by atoms with Crippen LogP contribution in [0.2, 0.25) is 0 Å². The SMILES string of the molecule is CC1CN(CC2CCCCC2)CC1c1cn2c(C3CCOCC3)ncc2c(=O)[nH]1. The largest absolute Gasteiger partial charge is 0.381 e. The maximum atomic E-state index is 12.8. The molecule has 2 atom stereocenters. The molecular weight excluding hydrogens is 364 g/mol. The molecule has 6 nitrogen and oxygen atoms in total. The first-order valence-electron chi connectivity index (χ1n) is 11.6. The Kier molecular flexibility index (Phi) is 5.48. The number of aromatic nitrogens is 3. The highest BCUT2D eigenvalue weighted by Crippen LogP contribution is 2.34. The van der Waals surface area contributed by atoms with E-state index in [0.717, 1.165) is 56.6 Å². The fourth-order valence-corrected chi connectivity index (χ4v) is 5.85. The summed E-state index contributed by atoms with van der Waals surface area (Å²) in [5.74, 6) is 3.22. The molecular formula is C23H34N4O2. The van der Waals surface area contributed by atoms with Gasteiger partial charge in [-0.2, -0.15) is 0 Å². The summed E-state index contributed by atoms with van der Waals surface area (Å²) in [7, 11) is 0. The molecule has 5 rings (SSSR count). The lowest BCUT2D eigenvalue weighted by molar-refractivity contribution is 0.0835. The highest BCUT2D eigenvalue weighted by molar-refractivity contribution is 5.45. The van der Waals surface area contributed by atoms with Gasteiger partial charge in [0.25, 0.3) is 5.56 Å². The number of H-pyrrole nitrogens is 1. The number of rotatable bonds is 4. The van der Waals surface area contributed by atoms with Gasteiger partial charge in [-0.15, -0.1) is 0 Å². The smallest absolute Gasteiger partial charge is 0.274 e. The maximum absolute atomic E-state index is 12.8. The highest BCUT2D eigenvalue weighted by atomic mass is 16.5. The number of nitrogens with zero attached hydrogens (tertiary/aromatic N) is 3. The Morgan fingerprint density at radius 1 is 1.14 bits per heavy atom. The molecule has 1 N–H and O–H groups in total. The first-order valence-corrected chi connectivity index (χ1v) is 11.6. The molecule has 1 saturated carbocycles. The topological polar surface area (TPSA) is 62.6 Å². The van der Waals surface area contributed by atoms with Crippen molar-refractivity contribution in [3.05, 3.63) is 34.3 Å². The quantitative estimate of drug-likeness (QED) is 0.856. The van der Waals surface area contributed by atoms with Crippen LogP contribution in [0.15, 0.2) is 17.2 Å². The van der Waals surface area contributed by atoms with Crippen LogP contribution in [0, 0.1) is 11.8 Å². The zero-order valence-corrected chi connectivity index (χ0v) is 17.6. The number of aromatic amines is 1. The van der Waals surface area contributed by atoms with E-state index < -0.39 is 0 Å². The van der Waals surface area contributed by atoms with Crippen LogP contribution in [0.4, 0.5) is 0 Å². The molecule has 0 aromatic carbocycles. The summed E-state index contributed by atoms with van der Waals surface area (Å²) in [6, 6.07) is 0.